The summed E-state index contributed by atoms with van der Waals surface area (Å²) in [6.07, 6.45) is 1.34. The molecule has 0 spiro atoms. The molecule has 3 nitrogen and oxygen atoms in total. The van der Waals surface area contributed by atoms with Crippen molar-refractivity contribution in [3.8, 4) is 0 Å². The lowest BCUT2D eigenvalue weighted by Crippen LogP contribution is -2.45. The molecule has 19 heavy (non-hydrogen) atoms. The molecule has 1 aliphatic heterocycles. The number of aliphatic hydroxyl groups is 1. The maximum absolute atomic E-state index is 12.7. The molecule has 2 atom stereocenters. The number of piperidine rings is 1. The Bertz CT molecular complexity index is 416. The summed E-state index contributed by atoms with van der Waals surface area (Å²) in [5, 5.41) is 9.73. The first-order valence-corrected chi connectivity index (χ1v) is 7.11. The van der Waals surface area contributed by atoms with Gasteiger partial charge < -0.3 is 10.0 Å². The Morgan fingerprint density at radius 2 is 2.00 bits per heavy atom. The lowest BCUT2D eigenvalue weighted by molar-refractivity contribution is -0.136. The molecular weight excluding hydrogens is 238 g/mol. The number of carbonyl (C=O) groups excluding carboxylic acids is 1. The number of rotatable bonds is 3. The molecule has 2 unspecified atom stereocenters. The predicted molar refractivity (Wildman–Crippen MR) is 75.8 cm³/mol. The summed E-state index contributed by atoms with van der Waals surface area (Å²) < 4.78 is 0. The van der Waals surface area contributed by atoms with Crippen LogP contribution in [0.5, 0.6) is 0 Å². The monoisotopic (exact) mass is 261 g/mol. The Morgan fingerprint density at radius 3 is 2.58 bits per heavy atom. The van der Waals surface area contributed by atoms with E-state index >= 15 is 0 Å². The fourth-order valence-corrected chi connectivity index (χ4v) is 2.82. The van der Waals surface area contributed by atoms with Gasteiger partial charge in [-0.25, -0.2) is 0 Å². The third kappa shape index (κ3) is 3.35. The second-order valence-corrected chi connectivity index (χ2v) is 5.71. The van der Waals surface area contributed by atoms with E-state index in [-0.39, 0.29) is 23.8 Å². The van der Waals surface area contributed by atoms with Gasteiger partial charge in [0, 0.05) is 13.1 Å². The van der Waals surface area contributed by atoms with Crippen LogP contribution in [-0.4, -0.2) is 35.1 Å². The summed E-state index contributed by atoms with van der Waals surface area (Å²) in [5.41, 5.74) is 1.07. The number of carbonyl (C=O) groups is 1. The predicted octanol–water partition coefficient (Wildman–Crippen LogP) is 2.41. The number of aliphatic hydroxyl groups excluding tert-OH is 1. The molecule has 0 radical (unpaired) electrons. The first kappa shape index (κ1) is 14.1. The van der Waals surface area contributed by atoms with Gasteiger partial charge in [-0.2, -0.15) is 0 Å². The minimum atomic E-state index is -0.360. The van der Waals surface area contributed by atoms with Crippen molar-refractivity contribution in [2.24, 2.45) is 5.92 Å². The van der Waals surface area contributed by atoms with Crippen molar-refractivity contribution in [3.05, 3.63) is 35.9 Å². The van der Waals surface area contributed by atoms with Crippen LogP contribution < -0.4 is 0 Å². The van der Waals surface area contributed by atoms with Gasteiger partial charge in [0.1, 0.15) is 0 Å². The SMILES string of the molecule is CC(C)C(C(=O)N1CCCC(O)C1)c1ccccc1. The second kappa shape index (κ2) is 6.20. The molecule has 1 amide bonds. The van der Waals surface area contributed by atoms with Gasteiger partial charge >= 0.3 is 0 Å². The van der Waals surface area contributed by atoms with Gasteiger partial charge in [0.15, 0.2) is 0 Å². The second-order valence-electron chi connectivity index (χ2n) is 5.71. The number of hydrogen-bond donors (Lipinski definition) is 1. The summed E-state index contributed by atoms with van der Waals surface area (Å²) >= 11 is 0. The molecule has 104 valence electrons. The lowest BCUT2D eigenvalue weighted by Gasteiger charge is -2.34. The Balaban J connectivity index is 2.17. The average molecular weight is 261 g/mol. The van der Waals surface area contributed by atoms with Gasteiger partial charge in [-0.1, -0.05) is 44.2 Å². The van der Waals surface area contributed by atoms with Gasteiger partial charge in [-0.3, -0.25) is 4.79 Å². The van der Waals surface area contributed by atoms with Crippen molar-refractivity contribution in [1.82, 2.24) is 4.90 Å². The van der Waals surface area contributed by atoms with E-state index in [0.29, 0.717) is 6.54 Å². The number of β-amino-alcohol motifs (C(OH)–C–C–N with tert-alkyl or cyclic N) is 1. The molecule has 0 aliphatic carbocycles. The molecule has 1 aromatic rings. The quantitative estimate of drug-likeness (QED) is 0.907. The fraction of sp³-hybridized carbons (Fsp3) is 0.562. The largest absolute Gasteiger partial charge is 0.391 e. The maximum Gasteiger partial charge on any atom is 0.230 e. The summed E-state index contributed by atoms with van der Waals surface area (Å²) in [7, 11) is 0. The highest BCUT2D eigenvalue weighted by atomic mass is 16.3. The Kier molecular flexibility index (Phi) is 4.59. The summed E-state index contributed by atoms with van der Waals surface area (Å²) in [6, 6.07) is 9.95. The molecule has 1 fully saturated rings. The molecule has 2 rings (SSSR count). The number of hydrogen-bond acceptors (Lipinski definition) is 2. The Labute approximate surface area is 115 Å². The van der Waals surface area contributed by atoms with Crippen LogP contribution in [0.4, 0.5) is 0 Å². The van der Waals surface area contributed by atoms with Gasteiger partial charge in [0.05, 0.1) is 12.0 Å². The minimum absolute atomic E-state index is 0.105. The highest BCUT2D eigenvalue weighted by molar-refractivity contribution is 5.84. The van der Waals surface area contributed by atoms with Crippen molar-refractivity contribution in [2.45, 2.75) is 38.7 Å². The number of benzene rings is 1. The van der Waals surface area contributed by atoms with Crippen molar-refractivity contribution in [1.29, 1.82) is 0 Å². The number of amides is 1. The topological polar surface area (TPSA) is 40.5 Å². The molecule has 1 heterocycles. The molecule has 3 heteroatoms. The van der Waals surface area contributed by atoms with Crippen molar-refractivity contribution < 1.29 is 9.90 Å². The van der Waals surface area contributed by atoms with Crippen LogP contribution in [0.3, 0.4) is 0 Å². The molecule has 0 bridgehead atoms. The van der Waals surface area contributed by atoms with E-state index < -0.39 is 0 Å². The van der Waals surface area contributed by atoms with Gasteiger partial charge in [-0.05, 0) is 24.3 Å². The molecule has 0 saturated carbocycles. The molecular formula is C16H23NO2. The van der Waals surface area contributed by atoms with Crippen LogP contribution in [0, 0.1) is 5.92 Å². The Hall–Kier alpha value is -1.35. The molecule has 0 aromatic heterocycles. The minimum Gasteiger partial charge on any atom is -0.391 e. The summed E-state index contributed by atoms with van der Waals surface area (Å²) in [6.45, 7) is 5.41. The van der Waals surface area contributed by atoms with E-state index in [0.717, 1.165) is 24.9 Å². The smallest absolute Gasteiger partial charge is 0.230 e. The van der Waals surface area contributed by atoms with Gasteiger partial charge in [-0.15, -0.1) is 0 Å². The third-order valence-electron chi connectivity index (χ3n) is 3.80. The number of nitrogens with zero attached hydrogens (tertiary/aromatic N) is 1. The average Bonchev–Trinajstić information content (AvgIpc) is 2.39. The van der Waals surface area contributed by atoms with Crippen LogP contribution >= 0.6 is 0 Å². The van der Waals surface area contributed by atoms with Crippen LogP contribution in [0.15, 0.2) is 30.3 Å². The van der Waals surface area contributed by atoms with E-state index in [1.54, 1.807) is 0 Å². The summed E-state index contributed by atoms with van der Waals surface area (Å²) in [5.74, 6) is 0.306. The highest BCUT2D eigenvalue weighted by Gasteiger charge is 2.31. The first-order valence-electron chi connectivity index (χ1n) is 7.11. The van der Waals surface area contributed by atoms with Crippen LogP contribution in [0.2, 0.25) is 0 Å². The van der Waals surface area contributed by atoms with Crippen molar-refractivity contribution in [3.63, 3.8) is 0 Å². The molecule has 1 aromatic carbocycles. The van der Waals surface area contributed by atoms with E-state index in [2.05, 4.69) is 13.8 Å². The first-order chi connectivity index (χ1) is 9.09. The number of likely N-dealkylation sites (tertiary alicyclic amines) is 1. The van der Waals surface area contributed by atoms with Crippen molar-refractivity contribution in [2.75, 3.05) is 13.1 Å². The van der Waals surface area contributed by atoms with E-state index in [9.17, 15) is 9.90 Å². The van der Waals surface area contributed by atoms with Crippen molar-refractivity contribution >= 4 is 5.91 Å². The van der Waals surface area contributed by atoms with Gasteiger partial charge in [0.25, 0.3) is 0 Å². The Morgan fingerprint density at radius 1 is 1.32 bits per heavy atom. The third-order valence-corrected chi connectivity index (χ3v) is 3.80. The molecule has 1 aliphatic rings. The lowest BCUT2D eigenvalue weighted by atomic mass is 9.86. The van der Waals surface area contributed by atoms with Crippen LogP contribution in [0.1, 0.15) is 38.2 Å². The standard InChI is InChI=1S/C16H23NO2/c1-12(2)15(13-7-4-3-5-8-13)16(19)17-10-6-9-14(18)11-17/h3-5,7-8,12,14-15,18H,6,9-11H2,1-2H3. The highest BCUT2D eigenvalue weighted by Crippen LogP contribution is 2.27. The zero-order valence-electron chi connectivity index (χ0n) is 11.7. The normalized spacial score (nSPS) is 21.5. The molecule has 1 N–H and O–H groups in total. The van der Waals surface area contributed by atoms with Crippen LogP contribution in [0.25, 0.3) is 0 Å². The van der Waals surface area contributed by atoms with E-state index in [4.69, 9.17) is 0 Å². The van der Waals surface area contributed by atoms with Crippen LogP contribution in [-0.2, 0) is 4.79 Å². The van der Waals surface area contributed by atoms with E-state index in [1.807, 2.05) is 35.2 Å². The fourth-order valence-electron chi connectivity index (χ4n) is 2.82. The zero-order chi connectivity index (χ0) is 13.8. The van der Waals surface area contributed by atoms with E-state index in [1.165, 1.54) is 0 Å². The zero-order valence-corrected chi connectivity index (χ0v) is 11.7. The van der Waals surface area contributed by atoms with Gasteiger partial charge in [0.2, 0.25) is 5.91 Å². The summed E-state index contributed by atoms with van der Waals surface area (Å²) in [4.78, 5) is 14.5. The molecule has 1 saturated heterocycles. The maximum atomic E-state index is 12.7.